The van der Waals surface area contributed by atoms with Gasteiger partial charge in [-0.2, -0.15) is 5.48 Å². The molecule has 4 nitrogen and oxygen atoms in total. The summed E-state index contributed by atoms with van der Waals surface area (Å²) in [4.78, 5) is 4.91. The molecule has 0 aliphatic heterocycles. The van der Waals surface area contributed by atoms with Gasteiger partial charge in [0, 0.05) is 13.7 Å². The molecule has 0 aromatic heterocycles. The molecule has 0 heterocycles. The van der Waals surface area contributed by atoms with Crippen LogP contribution in [0.15, 0.2) is 0 Å². The Bertz CT molecular complexity index is 80.1. The average molecular weight is 163 g/mol. The molecule has 11 heavy (non-hydrogen) atoms. The highest BCUT2D eigenvalue weighted by atomic mass is 16.7. The Morgan fingerprint density at radius 2 is 2.18 bits per heavy atom. The van der Waals surface area contributed by atoms with Crippen molar-refractivity contribution in [3.8, 4) is 0 Å². The van der Waals surface area contributed by atoms with Gasteiger partial charge in [0.15, 0.2) is 0 Å². The summed E-state index contributed by atoms with van der Waals surface area (Å²) < 4.78 is 4.75. The molecular weight excluding hydrogens is 146 g/mol. The van der Waals surface area contributed by atoms with Gasteiger partial charge in [0.25, 0.3) is 0 Å². The molecule has 0 rings (SSSR count). The van der Waals surface area contributed by atoms with E-state index in [1.165, 1.54) is 0 Å². The number of hydrogen-bond donors (Lipinski definition) is 2. The van der Waals surface area contributed by atoms with E-state index in [0.29, 0.717) is 19.8 Å². The second-order valence-electron chi connectivity index (χ2n) is 2.25. The van der Waals surface area contributed by atoms with Gasteiger partial charge in [0.05, 0.1) is 19.3 Å². The third kappa shape index (κ3) is 7.74. The summed E-state index contributed by atoms with van der Waals surface area (Å²) in [6.45, 7) is 3.46. The van der Waals surface area contributed by atoms with Crippen molar-refractivity contribution in [1.82, 2.24) is 5.48 Å². The molecule has 4 heteroatoms. The minimum Gasteiger partial charge on any atom is -0.392 e. The van der Waals surface area contributed by atoms with Crippen LogP contribution in [-0.4, -0.2) is 38.1 Å². The van der Waals surface area contributed by atoms with Crippen LogP contribution in [-0.2, 0) is 9.57 Å². The minimum absolute atomic E-state index is 0.322. The number of methoxy groups -OCH3 is 1. The van der Waals surface area contributed by atoms with Gasteiger partial charge in [-0.3, -0.25) is 4.84 Å². The van der Waals surface area contributed by atoms with Crippen molar-refractivity contribution in [3.05, 3.63) is 0 Å². The zero-order valence-electron chi connectivity index (χ0n) is 7.17. The van der Waals surface area contributed by atoms with Gasteiger partial charge in [0.1, 0.15) is 0 Å². The summed E-state index contributed by atoms with van der Waals surface area (Å²) in [7, 11) is 1.62. The highest BCUT2D eigenvalue weighted by Gasteiger charge is 1.97. The highest BCUT2D eigenvalue weighted by molar-refractivity contribution is 4.50. The fourth-order valence-electron chi connectivity index (χ4n) is 0.497. The quantitative estimate of drug-likeness (QED) is 0.407. The predicted molar refractivity (Wildman–Crippen MR) is 42.1 cm³/mol. The molecule has 0 radical (unpaired) electrons. The van der Waals surface area contributed by atoms with Crippen LogP contribution >= 0.6 is 0 Å². The van der Waals surface area contributed by atoms with Crippen LogP contribution in [0.5, 0.6) is 0 Å². The number of rotatable bonds is 7. The SMILES string of the molecule is CCC(O)CNOCCOC. The number of ether oxygens (including phenoxy) is 1. The Labute approximate surface area is 67.5 Å². The van der Waals surface area contributed by atoms with Crippen molar-refractivity contribution in [2.24, 2.45) is 0 Å². The number of aliphatic hydroxyl groups excluding tert-OH is 1. The molecule has 0 spiro atoms. The van der Waals surface area contributed by atoms with E-state index in [-0.39, 0.29) is 6.10 Å². The summed E-state index contributed by atoms with van der Waals surface area (Å²) in [6, 6.07) is 0. The maximum atomic E-state index is 9.04. The third-order valence-corrected chi connectivity index (χ3v) is 1.28. The van der Waals surface area contributed by atoms with Crippen molar-refractivity contribution >= 4 is 0 Å². The molecule has 0 amide bonds. The Morgan fingerprint density at radius 3 is 2.73 bits per heavy atom. The van der Waals surface area contributed by atoms with Crippen LogP contribution in [0.3, 0.4) is 0 Å². The van der Waals surface area contributed by atoms with Crippen LogP contribution < -0.4 is 5.48 Å². The fourth-order valence-corrected chi connectivity index (χ4v) is 0.497. The smallest absolute Gasteiger partial charge is 0.0915 e. The van der Waals surface area contributed by atoms with E-state index in [9.17, 15) is 0 Å². The van der Waals surface area contributed by atoms with Crippen LogP contribution in [0.2, 0.25) is 0 Å². The second-order valence-corrected chi connectivity index (χ2v) is 2.25. The first-order chi connectivity index (χ1) is 5.31. The molecule has 1 atom stereocenters. The van der Waals surface area contributed by atoms with Crippen LogP contribution in [0.4, 0.5) is 0 Å². The Morgan fingerprint density at radius 1 is 1.45 bits per heavy atom. The van der Waals surface area contributed by atoms with Crippen LogP contribution in [0, 0.1) is 0 Å². The van der Waals surface area contributed by atoms with Gasteiger partial charge in [-0.25, -0.2) is 0 Å². The molecule has 0 bridgehead atoms. The summed E-state index contributed by atoms with van der Waals surface area (Å²) in [5.74, 6) is 0. The molecule has 68 valence electrons. The Kier molecular flexibility index (Phi) is 7.83. The van der Waals surface area contributed by atoms with E-state index in [2.05, 4.69) is 5.48 Å². The Hall–Kier alpha value is -0.160. The van der Waals surface area contributed by atoms with E-state index in [1.807, 2.05) is 6.92 Å². The standard InChI is InChI=1S/C7H17NO3/c1-3-7(9)6-8-11-5-4-10-2/h7-9H,3-6H2,1-2H3. The lowest BCUT2D eigenvalue weighted by molar-refractivity contribution is -0.0112. The largest absolute Gasteiger partial charge is 0.392 e. The van der Waals surface area contributed by atoms with Gasteiger partial charge >= 0.3 is 0 Å². The summed E-state index contributed by atoms with van der Waals surface area (Å²) in [5, 5.41) is 9.04. The average Bonchev–Trinajstić information content (AvgIpc) is 2.04. The monoisotopic (exact) mass is 163 g/mol. The van der Waals surface area contributed by atoms with Gasteiger partial charge in [-0.15, -0.1) is 0 Å². The van der Waals surface area contributed by atoms with Gasteiger partial charge in [-0.05, 0) is 6.42 Å². The third-order valence-electron chi connectivity index (χ3n) is 1.28. The highest BCUT2D eigenvalue weighted by Crippen LogP contribution is 1.85. The number of hydroxylamine groups is 1. The normalized spacial score (nSPS) is 13.4. The predicted octanol–water partition coefficient (Wildman–Crippen LogP) is -0.0751. The van der Waals surface area contributed by atoms with Crippen molar-refractivity contribution in [2.75, 3.05) is 26.9 Å². The molecular formula is C7H17NO3. The second kappa shape index (κ2) is 7.94. The molecule has 0 aliphatic rings. The van der Waals surface area contributed by atoms with Crippen molar-refractivity contribution in [1.29, 1.82) is 0 Å². The topological polar surface area (TPSA) is 50.7 Å². The van der Waals surface area contributed by atoms with Crippen molar-refractivity contribution in [2.45, 2.75) is 19.4 Å². The van der Waals surface area contributed by atoms with E-state index in [1.54, 1.807) is 7.11 Å². The molecule has 0 fully saturated rings. The maximum Gasteiger partial charge on any atom is 0.0915 e. The summed E-state index contributed by atoms with van der Waals surface area (Å²) in [5.41, 5.74) is 2.64. The lowest BCUT2D eigenvalue weighted by Crippen LogP contribution is -2.27. The van der Waals surface area contributed by atoms with Gasteiger partial charge in [-0.1, -0.05) is 6.92 Å². The molecule has 0 aromatic carbocycles. The molecule has 0 aromatic rings. The molecule has 2 N–H and O–H groups in total. The lowest BCUT2D eigenvalue weighted by atomic mass is 10.3. The van der Waals surface area contributed by atoms with Crippen molar-refractivity contribution < 1.29 is 14.7 Å². The summed E-state index contributed by atoms with van der Waals surface area (Å²) in [6.07, 6.45) is 0.415. The molecule has 0 aliphatic carbocycles. The first kappa shape index (κ1) is 10.8. The van der Waals surface area contributed by atoms with Crippen molar-refractivity contribution in [3.63, 3.8) is 0 Å². The van der Waals surface area contributed by atoms with Crippen LogP contribution in [0.1, 0.15) is 13.3 Å². The summed E-state index contributed by atoms with van der Waals surface area (Å²) >= 11 is 0. The first-order valence-corrected chi connectivity index (χ1v) is 3.83. The molecule has 0 saturated heterocycles. The van der Waals surface area contributed by atoms with Gasteiger partial charge in [0.2, 0.25) is 0 Å². The zero-order chi connectivity index (χ0) is 8.53. The fraction of sp³-hybridized carbons (Fsp3) is 1.00. The lowest BCUT2D eigenvalue weighted by Gasteiger charge is -2.08. The number of nitrogens with one attached hydrogen (secondary N) is 1. The number of hydrogen-bond acceptors (Lipinski definition) is 4. The van der Waals surface area contributed by atoms with E-state index in [4.69, 9.17) is 14.7 Å². The minimum atomic E-state index is -0.322. The van der Waals surface area contributed by atoms with Crippen LogP contribution in [0.25, 0.3) is 0 Å². The zero-order valence-corrected chi connectivity index (χ0v) is 7.17. The Balaban J connectivity index is 2.89. The molecule has 0 saturated carbocycles. The molecule has 1 unspecified atom stereocenters. The number of aliphatic hydroxyl groups is 1. The van der Waals surface area contributed by atoms with E-state index >= 15 is 0 Å². The first-order valence-electron chi connectivity index (χ1n) is 3.83. The maximum absolute atomic E-state index is 9.04. The van der Waals surface area contributed by atoms with E-state index in [0.717, 1.165) is 6.42 Å². The van der Waals surface area contributed by atoms with Gasteiger partial charge < -0.3 is 9.84 Å². The van der Waals surface area contributed by atoms with E-state index < -0.39 is 0 Å².